The molecule has 1 fully saturated rings. The Morgan fingerprint density at radius 1 is 1.23 bits per heavy atom. The first-order valence-electron chi connectivity index (χ1n) is 5.93. The molecule has 0 heterocycles. The fourth-order valence-corrected chi connectivity index (χ4v) is 2.18. The summed E-state index contributed by atoms with van der Waals surface area (Å²) in [6.45, 7) is 8.21. The summed E-state index contributed by atoms with van der Waals surface area (Å²) in [5, 5.41) is 3.70. The normalized spacial score (nSPS) is 29.5. The van der Waals surface area contributed by atoms with Gasteiger partial charge in [0.1, 0.15) is 0 Å². The van der Waals surface area contributed by atoms with E-state index in [-0.39, 0.29) is 0 Å². The molecule has 2 atom stereocenters. The van der Waals surface area contributed by atoms with E-state index in [2.05, 4.69) is 26.1 Å². The standard InChI is InChI=1S/C12H25N/c1-10(2)8-9-13-12-7-5-4-6-11(12)3/h10-13H,4-9H2,1-3H3/t11-,12-/m0/s1. The molecule has 0 aromatic rings. The molecule has 1 saturated carbocycles. The fraction of sp³-hybridized carbons (Fsp3) is 1.00. The summed E-state index contributed by atoms with van der Waals surface area (Å²) in [4.78, 5) is 0. The molecule has 0 bridgehead atoms. The van der Waals surface area contributed by atoms with Crippen molar-refractivity contribution < 1.29 is 0 Å². The molecule has 1 rings (SSSR count). The second kappa shape index (κ2) is 5.64. The minimum absolute atomic E-state index is 0.812. The second-order valence-electron chi connectivity index (χ2n) is 5.00. The molecule has 0 aromatic carbocycles. The maximum Gasteiger partial charge on any atom is 0.00926 e. The molecule has 13 heavy (non-hydrogen) atoms. The van der Waals surface area contributed by atoms with Crippen molar-refractivity contribution >= 4 is 0 Å². The molecule has 0 saturated heterocycles. The highest BCUT2D eigenvalue weighted by Gasteiger charge is 2.19. The Morgan fingerprint density at radius 2 is 1.92 bits per heavy atom. The van der Waals surface area contributed by atoms with Gasteiger partial charge in [-0.3, -0.25) is 0 Å². The van der Waals surface area contributed by atoms with Gasteiger partial charge in [0.25, 0.3) is 0 Å². The van der Waals surface area contributed by atoms with Gasteiger partial charge in [-0.05, 0) is 37.6 Å². The Bertz CT molecular complexity index is 131. The lowest BCUT2D eigenvalue weighted by atomic mass is 9.86. The molecule has 0 unspecified atom stereocenters. The summed E-state index contributed by atoms with van der Waals surface area (Å²) in [5.74, 6) is 1.74. The average molecular weight is 183 g/mol. The molecule has 1 nitrogen and oxygen atoms in total. The minimum Gasteiger partial charge on any atom is -0.314 e. The van der Waals surface area contributed by atoms with Crippen LogP contribution in [-0.4, -0.2) is 12.6 Å². The number of nitrogens with one attached hydrogen (secondary N) is 1. The number of rotatable bonds is 4. The van der Waals surface area contributed by atoms with E-state index in [1.165, 1.54) is 38.6 Å². The van der Waals surface area contributed by atoms with E-state index in [1.54, 1.807) is 0 Å². The maximum absolute atomic E-state index is 3.70. The largest absolute Gasteiger partial charge is 0.314 e. The predicted octanol–water partition coefficient (Wildman–Crippen LogP) is 3.20. The van der Waals surface area contributed by atoms with Gasteiger partial charge in [-0.15, -0.1) is 0 Å². The van der Waals surface area contributed by atoms with E-state index in [9.17, 15) is 0 Å². The molecule has 1 aliphatic carbocycles. The smallest absolute Gasteiger partial charge is 0.00926 e. The predicted molar refractivity (Wildman–Crippen MR) is 58.9 cm³/mol. The van der Waals surface area contributed by atoms with E-state index < -0.39 is 0 Å². The van der Waals surface area contributed by atoms with Gasteiger partial charge >= 0.3 is 0 Å². The lowest BCUT2D eigenvalue weighted by molar-refractivity contribution is 0.277. The Hall–Kier alpha value is -0.0400. The first-order valence-corrected chi connectivity index (χ1v) is 5.93. The summed E-state index contributed by atoms with van der Waals surface area (Å²) >= 11 is 0. The summed E-state index contributed by atoms with van der Waals surface area (Å²) in [6.07, 6.45) is 7.04. The lowest BCUT2D eigenvalue weighted by Crippen LogP contribution is -2.38. The highest BCUT2D eigenvalue weighted by Crippen LogP contribution is 2.23. The summed E-state index contributed by atoms with van der Waals surface area (Å²) in [7, 11) is 0. The summed E-state index contributed by atoms with van der Waals surface area (Å²) < 4.78 is 0. The molecular weight excluding hydrogens is 158 g/mol. The van der Waals surface area contributed by atoms with E-state index in [4.69, 9.17) is 0 Å². The number of hydrogen-bond acceptors (Lipinski definition) is 1. The molecule has 0 spiro atoms. The van der Waals surface area contributed by atoms with Crippen molar-refractivity contribution in [2.75, 3.05) is 6.54 Å². The molecule has 1 aliphatic rings. The van der Waals surface area contributed by atoms with Crippen molar-refractivity contribution in [1.82, 2.24) is 5.32 Å². The zero-order chi connectivity index (χ0) is 9.68. The van der Waals surface area contributed by atoms with Gasteiger partial charge < -0.3 is 5.32 Å². The van der Waals surface area contributed by atoms with Crippen LogP contribution >= 0.6 is 0 Å². The van der Waals surface area contributed by atoms with Crippen LogP contribution in [-0.2, 0) is 0 Å². The van der Waals surface area contributed by atoms with E-state index in [1.807, 2.05) is 0 Å². The van der Waals surface area contributed by atoms with Crippen LogP contribution in [0.15, 0.2) is 0 Å². The van der Waals surface area contributed by atoms with E-state index in [0.717, 1.165) is 17.9 Å². The Balaban J connectivity index is 2.11. The molecule has 0 aliphatic heterocycles. The monoisotopic (exact) mass is 183 g/mol. The van der Waals surface area contributed by atoms with Crippen molar-refractivity contribution in [2.24, 2.45) is 11.8 Å². The van der Waals surface area contributed by atoms with Crippen LogP contribution in [0.25, 0.3) is 0 Å². The van der Waals surface area contributed by atoms with Crippen LogP contribution < -0.4 is 5.32 Å². The van der Waals surface area contributed by atoms with Gasteiger partial charge in [-0.1, -0.05) is 33.6 Å². The highest BCUT2D eigenvalue weighted by molar-refractivity contribution is 4.77. The molecule has 78 valence electrons. The number of hydrogen-bond donors (Lipinski definition) is 1. The Kier molecular flexibility index (Phi) is 4.79. The third kappa shape index (κ3) is 4.12. The van der Waals surface area contributed by atoms with Crippen molar-refractivity contribution in [2.45, 2.75) is 58.9 Å². The molecule has 0 aromatic heterocycles. The van der Waals surface area contributed by atoms with Gasteiger partial charge in [0, 0.05) is 6.04 Å². The van der Waals surface area contributed by atoms with E-state index in [0.29, 0.717) is 0 Å². The molecule has 1 N–H and O–H groups in total. The summed E-state index contributed by atoms with van der Waals surface area (Å²) in [5.41, 5.74) is 0. The third-order valence-corrected chi connectivity index (χ3v) is 3.24. The van der Waals surface area contributed by atoms with Crippen LogP contribution in [0.3, 0.4) is 0 Å². The van der Waals surface area contributed by atoms with Gasteiger partial charge in [-0.25, -0.2) is 0 Å². The first-order chi connectivity index (χ1) is 6.20. The van der Waals surface area contributed by atoms with Crippen LogP contribution in [0.1, 0.15) is 52.9 Å². The Labute approximate surface area is 83.3 Å². The quantitative estimate of drug-likeness (QED) is 0.706. The third-order valence-electron chi connectivity index (χ3n) is 3.24. The Morgan fingerprint density at radius 3 is 2.54 bits per heavy atom. The highest BCUT2D eigenvalue weighted by atomic mass is 14.9. The van der Waals surface area contributed by atoms with Crippen molar-refractivity contribution in [3.8, 4) is 0 Å². The first kappa shape index (κ1) is 11.0. The second-order valence-corrected chi connectivity index (χ2v) is 5.00. The van der Waals surface area contributed by atoms with Crippen LogP contribution in [0, 0.1) is 11.8 Å². The lowest BCUT2D eigenvalue weighted by Gasteiger charge is -2.29. The zero-order valence-corrected chi connectivity index (χ0v) is 9.47. The zero-order valence-electron chi connectivity index (χ0n) is 9.47. The van der Waals surface area contributed by atoms with Crippen LogP contribution in [0.4, 0.5) is 0 Å². The minimum atomic E-state index is 0.812. The maximum atomic E-state index is 3.70. The molecule has 1 heteroatoms. The van der Waals surface area contributed by atoms with E-state index >= 15 is 0 Å². The SMILES string of the molecule is CC(C)CCN[C@H]1CCCC[C@@H]1C. The van der Waals surface area contributed by atoms with Crippen LogP contribution in [0.2, 0.25) is 0 Å². The fourth-order valence-electron chi connectivity index (χ4n) is 2.18. The van der Waals surface area contributed by atoms with Gasteiger partial charge in [0.15, 0.2) is 0 Å². The summed E-state index contributed by atoms with van der Waals surface area (Å²) in [6, 6.07) is 0.812. The van der Waals surface area contributed by atoms with Gasteiger partial charge in [0.2, 0.25) is 0 Å². The molecule has 0 radical (unpaired) electrons. The molecule has 0 amide bonds. The van der Waals surface area contributed by atoms with Gasteiger partial charge in [-0.2, -0.15) is 0 Å². The average Bonchev–Trinajstić information content (AvgIpc) is 2.08. The van der Waals surface area contributed by atoms with Gasteiger partial charge in [0.05, 0.1) is 0 Å². The van der Waals surface area contributed by atoms with Crippen molar-refractivity contribution in [1.29, 1.82) is 0 Å². The van der Waals surface area contributed by atoms with Crippen LogP contribution in [0.5, 0.6) is 0 Å². The topological polar surface area (TPSA) is 12.0 Å². The molecular formula is C12H25N. The van der Waals surface area contributed by atoms with Crippen molar-refractivity contribution in [3.63, 3.8) is 0 Å². The van der Waals surface area contributed by atoms with Crippen molar-refractivity contribution in [3.05, 3.63) is 0 Å².